The average Bonchev–Trinajstić information content (AvgIpc) is 2.66. The van der Waals surface area contributed by atoms with Crippen LogP contribution in [0.15, 0.2) is 30.3 Å². The Labute approximate surface area is 186 Å². The van der Waals surface area contributed by atoms with E-state index in [4.69, 9.17) is 4.74 Å². The molecule has 2 nitrogen and oxygen atoms in total. The second-order valence-corrected chi connectivity index (χ2v) is 8.79. The molecule has 1 aromatic rings. The summed E-state index contributed by atoms with van der Waals surface area (Å²) >= 11 is 0. The fourth-order valence-corrected chi connectivity index (χ4v) is 3.60. The molecule has 0 unspecified atom stereocenters. The summed E-state index contributed by atoms with van der Waals surface area (Å²) in [5.74, 6) is 0.985. The largest absolute Gasteiger partial charge is 1.00 e. The third kappa shape index (κ3) is 16.4. The van der Waals surface area contributed by atoms with Crippen LogP contribution < -0.4 is 21.7 Å². The van der Waals surface area contributed by atoms with E-state index in [9.17, 15) is 0 Å². The molecule has 0 bridgehead atoms. The van der Waals surface area contributed by atoms with E-state index in [1.54, 1.807) is 0 Å². The van der Waals surface area contributed by atoms with Crippen LogP contribution in [0.4, 0.5) is 0 Å². The van der Waals surface area contributed by atoms with Gasteiger partial charge in [-0.2, -0.15) is 0 Å². The Bertz CT molecular complexity index is 435. The fraction of sp³-hybridized carbons (Fsp3) is 0.760. The molecule has 0 aliphatic heterocycles. The lowest BCUT2D eigenvalue weighted by atomic mass is 10.0. The van der Waals surface area contributed by atoms with E-state index in [0.717, 1.165) is 23.4 Å². The van der Waals surface area contributed by atoms with Crippen molar-refractivity contribution in [1.29, 1.82) is 0 Å². The first-order valence-corrected chi connectivity index (χ1v) is 11.6. The third-order valence-electron chi connectivity index (χ3n) is 5.58. The molecule has 0 fully saturated rings. The Morgan fingerprint density at radius 1 is 0.643 bits per heavy atom. The van der Waals surface area contributed by atoms with Crippen LogP contribution >= 0.6 is 0 Å². The van der Waals surface area contributed by atoms with E-state index in [-0.39, 0.29) is 17.0 Å². The molecule has 0 atom stereocenters. The molecule has 0 radical (unpaired) electrons. The van der Waals surface area contributed by atoms with Gasteiger partial charge in [0.2, 0.25) is 0 Å². The van der Waals surface area contributed by atoms with Crippen molar-refractivity contribution in [3.63, 3.8) is 0 Å². The lowest BCUT2D eigenvalue weighted by Gasteiger charge is -2.29. The summed E-state index contributed by atoms with van der Waals surface area (Å²) in [6.07, 6.45) is 18.5. The van der Waals surface area contributed by atoms with Gasteiger partial charge in [0.05, 0.1) is 20.6 Å². The molecule has 28 heavy (non-hydrogen) atoms. The number of hydrogen-bond acceptors (Lipinski definition) is 1. The predicted octanol–water partition coefficient (Wildman–Crippen LogP) is 4.24. The van der Waals surface area contributed by atoms with Crippen LogP contribution in [0, 0.1) is 0 Å². The zero-order valence-corrected chi connectivity index (χ0v) is 20.5. The highest BCUT2D eigenvalue weighted by atomic mass is 79.9. The van der Waals surface area contributed by atoms with Gasteiger partial charge in [-0.05, 0) is 25.0 Å². The lowest BCUT2D eigenvalue weighted by Crippen LogP contribution is -3.00. The maximum absolute atomic E-state index is 5.85. The topological polar surface area (TPSA) is 9.23 Å². The molecule has 0 aliphatic rings. The minimum atomic E-state index is 0. The van der Waals surface area contributed by atoms with E-state index in [0.29, 0.717) is 0 Å². The van der Waals surface area contributed by atoms with Crippen LogP contribution in [0.2, 0.25) is 0 Å². The first-order valence-electron chi connectivity index (χ1n) is 11.6. The van der Waals surface area contributed by atoms with E-state index in [1.165, 1.54) is 90.0 Å². The van der Waals surface area contributed by atoms with E-state index >= 15 is 0 Å². The SMILES string of the molecule is CCCCCCCCCCCCCCC[N+](C)(C)CCOc1ccccc1.[Br-]. The van der Waals surface area contributed by atoms with Gasteiger partial charge in [-0.3, -0.25) is 0 Å². The Hall–Kier alpha value is -0.540. The summed E-state index contributed by atoms with van der Waals surface area (Å²) in [5.41, 5.74) is 0. The molecule has 0 spiro atoms. The Morgan fingerprint density at radius 2 is 1.11 bits per heavy atom. The molecule has 0 aromatic heterocycles. The number of nitrogens with zero attached hydrogens (tertiary/aromatic N) is 1. The van der Waals surface area contributed by atoms with Crippen molar-refractivity contribution in [2.75, 3.05) is 33.8 Å². The van der Waals surface area contributed by atoms with Crippen molar-refractivity contribution < 1.29 is 26.2 Å². The number of likely N-dealkylation sites (N-methyl/N-ethyl adjacent to an activating group) is 1. The number of quaternary nitrogens is 1. The molecule has 1 aromatic carbocycles. The van der Waals surface area contributed by atoms with Gasteiger partial charge >= 0.3 is 0 Å². The standard InChI is InChI=1S/C25H46NO.BrH/c1-4-5-6-7-8-9-10-11-12-13-14-15-19-22-26(2,3)23-24-27-25-20-17-16-18-21-25;/h16-18,20-21H,4-15,19,22-24H2,1-3H3;1H/q+1;/p-1. The van der Waals surface area contributed by atoms with Crippen molar-refractivity contribution in [3.05, 3.63) is 30.3 Å². The Morgan fingerprint density at radius 3 is 1.61 bits per heavy atom. The lowest BCUT2D eigenvalue weighted by molar-refractivity contribution is -0.890. The average molecular weight is 457 g/mol. The van der Waals surface area contributed by atoms with Crippen molar-refractivity contribution in [2.24, 2.45) is 0 Å². The predicted molar refractivity (Wildman–Crippen MR) is 119 cm³/mol. The van der Waals surface area contributed by atoms with Gasteiger partial charge in [0, 0.05) is 0 Å². The highest BCUT2D eigenvalue weighted by Crippen LogP contribution is 2.13. The van der Waals surface area contributed by atoms with Crippen LogP contribution in [0.25, 0.3) is 0 Å². The van der Waals surface area contributed by atoms with Crippen molar-refractivity contribution in [2.45, 2.75) is 90.4 Å². The maximum atomic E-state index is 5.85. The minimum Gasteiger partial charge on any atom is -1.00 e. The van der Waals surface area contributed by atoms with Crippen molar-refractivity contribution in [3.8, 4) is 5.75 Å². The Kier molecular flexibility index (Phi) is 18.1. The van der Waals surface area contributed by atoms with Gasteiger partial charge in [-0.25, -0.2) is 0 Å². The van der Waals surface area contributed by atoms with Crippen LogP contribution in [0.3, 0.4) is 0 Å². The van der Waals surface area contributed by atoms with Crippen molar-refractivity contribution in [1.82, 2.24) is 0 Å². The van der Waals surface area contributed by atoms with Crippen molar-refractivity contribution >= 4 is 0 Å². The van der Waals surface area contributed by atoms with Crippen LogP contribution in [0.5, 0.6) is 5.75 Å². The molecule has 164 valence electrons. The molecule has 0 saturated carbocycles. The quantitative estimate of drug-likeness (QED) is 0.237. The summed E-state index contributed by atoms with van der Waals surface area (Å²) in [6, 6.07) is 10.2. The van der Waals surface area contributed by atoms with Gasteiger partial charge in [0.15, 0.2) is 0 Å². The maximum Gasteiger partial charge on any atom is 0.137 e. The van der Waals surface area contributed by atoms with E-state index in [1.807, 2.05) is 30.3 Å². The summed E-state index contributed by atoms with van der Waals surface area (Å²) < 4.78 is 6.91. The van der Waals surface area contributed by atoms with Gasteiger partial charge in [0.25, 0.3) is 0 Å². The van der Waals surface area contributed by atoms with E-state index in [2.05, 4.69) is 21.0 Å². The number of unbranched alkanes of at least 4 members (excludes halogenated alkanes) is 12. The Balaban J connectivity index is 0.00000729. The summed E-state index contributed by atoms with van der Waals surface area (Å²) in [5, 5.41) is 0. The van der Waals surface area contributed by atoms with Crippen LogP contribution in [-0.2, 0) is 0 Å². The third-order valence-corrected chi connectivity index (χ3v) is 5.58. The highest BCUT2D eigenvalue weighted by Gasteiger charge is 2.14. The first-order chi connectivity index (χ1) is 13.1. The molecule has 0 saturated heterocycles. The monoisotopic (exact) mass is 455 g/mol. The zero-order chi connectivity index (χ0) is 19.6. The first kappa shape index (κ1) is 27.5. The molecular weight excluding hydrogens is 410 g/mol. The van der Waals surface area contributed by atoms with Gasteiger partial charge in [-0.1, -0.05) is 95.8 Å². The van der Waals surface area contributed by atoms with Gasteiger partial charge in [-0.15, -0.1) is 0 Å². The molecule has 0 N–H and O–H groups in total. The highest BCUT2D eigenvalue weighted by molar-refractivity contribution is 5.20. The minimum absolute atomic E-state index is 0. The smallest absolute Gasteiger partial charge is 0.137 e. The summed E-state index contributed by atoms with van der Waals surface area (Å²) in [4.78, 5) is 0. The number of para-hydroxylation sites is 1. The summed E-state index contributed by atoms with van der Waals surface area (Å²) in [6.45, 7) is 5.43. The van der Waals surface area contributed by atoms with Crippen LogP contribution in [0.1, 0.15) is 90.4 Å². The molecule has 0 aliphatic carbocycles. The van der Waals surface area contributed by atoms with Gasteiger partial charge in [0.1, 0.15) is 18.9 Å². The molecule has 1 rings (SSSR count). The molecule has 0 heterocycles. The normalized spacial score (nSPS) is 11.2. The number of rotatable bonds is 18. The molecule has 0 amide bonds. The van der Waals surface area contributed by atoms with Gasteiger partial charge < -0.3 is 26.2 Å². The molecular formula is C25H46BrNO. The van der Waals surface area contributed by atoms with E-state index < -0.39 is 0 Å². The number of ether oxygens (including phenoxy) is 1. The number of halogens is 1. The summed E-state index contributed by atoms with van der Waals surface area (Å²) in [7, 11) is 4.66. The second-order valence-electron chi connectivity index (χ2n) is 8.79. The fourth-order valence-electron chi connectivity index (χ4n) is 3.60. The number of benzene rings is 1. The molecule has 3 heteroatoms. The second kappa shape index (κ2) is 18.5. The zero-order valence-electron chi connectivity index (χ0n) is 18.9. The number of hydrogen-bond donors (Lipinski definition) is 0. The van der Waals surface area contributed by atoms with Crippen LogP contribution in [-0.4, -0.2) is 38.3 Å².